The fraction of sp³-hybridized carbons (Fsp3) is 0.158. The minimum Gasteiger partial charge on any atom is -0.390 e. The van der Waals surface area contributed by atoms with Crippen molar-refractivity contribution in [3.8, 4) is 11.4 Å². The molecule has 0 atom stereocenters. The normalized spacial score (nSPS) is 10.5. The topological polar surface area (TPSA) is 112 Å². The van der Waals surface area contributed by atoms with Gasteiger partial charge in [0.25, 0.3) is 0 Å². The zero-order valence-electron chi connectivity index (χ0n) is 15.3. The first-order valence-corrected chi connectivity index (χ1v) is 8.80. The van der Waals surface area contributed by atoms with E-state index >= 15 is 0 Å². The van der Waals surface area contributed by atoms with Gasteiger partial charge in [0.2, 0.25) is 6.33 Å². The molecule has 0 aliphatic rings. The fourth-order valence-corrected chi connectivity index (χ4v) is 2.85. The Kier molecular flexibility index (Phi) is 6.30. The van der Waals surface area contributed by atoms with E-state index in [0.717, 1.165) is 22.3 Å². The minimum absolute atomic E-state index is 0. The molecule has 0 aliphatic heterocycles. The van der Waals surface area contributed by atoms with Crippen LogP contribution in [0.15, 0.2) is 60.9 Å². The molecular weight excluding hydrogens is 394 g/mol. The van der Waals surface area contributed by atoms with E-state index < -0.39 is 4.92 Å². The van der Waals surface area contributed by atoms with Crippen molar-refractivity contribution in [1.29, 1.82) is 0 Å². The van der Waals surface area contributed by atoms with Gasteiger partial charge in [-0.3, -0.25) is 0 Å². The van der Waals surface area contributed by atoms with Gasteiger partial charge in [0.15, 0.2) is 5.82 Å². The molecule has 0 saturated heterocycles. The molecule has 1 N–H and O–H groups in total. The maximum Gasteiger partial charge on any atom is 0.490 e. The molecule has 148 valence electrons. The third kappa shape index (κ3) is 4.64. The lowest BCUT2D eigenvalue weighted by atomic mass is 10.2. The predicted molar refractivity (Wildman–Crippen MR) is 112 cm³/mol. The largest absolute Gasteiger partial charge is 0.490 e. The quantitative estimate of drug-likeness (QED) is 0.280. The number of nitrogens with zero attached hydrogens (tertiary/aromatic N) is 6. The van der Waals surface area contributed by atoms with Gasteiger partial charge < -0.3 is 15.4 Å². The average Bonchev–Trinajstić information content (AvgIpc) is 3.21. The third-order valence-electron chi connectivity index (χ3n) is 4.18. The molecule has 10 heteroatoms. The predicted octanol–water partition coefficient (Wildman–Crippen LogP) is 3.72. The lowest BCUT2D eigenvalue weighted by Crippen LogP contribution is -2.09. The van der Waals surface area contributed by atoms with Gasteiger partial charge in [0.05, 0.1) is 12.1 Å². The maximum atomic E-state index is 10.6. The molecule has 0 fully saturated rings. The van der Waals surface area contributed by atoms with Crippen LogP contribution >= 0.6 is 12.4 Å². The summed E-state index contributed by atoms with van der Waals surface area (Å²) in [7, 11) is 0. The Balaban J connectivity index is 0.00000240. The van der Waals surface area contributed by atoms with Crippen molar-refractivity contribution in [2.24, 2.45) is 0 Å². The highest BCUT2D eigenvalue weighted by molar-refractivity contribution is 5.90. The fourth-order valence-electron chi connectivity index (χ4n) is 2.85. The molecule has 0 spiro atoms. The van der Waals surface area contributed by atoms with Crippen LogP contribution in [0.25, 0.3) is 22.3 Å². The number of anilines is 1. The molecule has 9 nitrogen and oxygen atoms in total. The van der Waals surface area contributed by atoms with Crippen LogP contribution in [0.2, 0.25) is 0 Å². The van der Waals surface area contributed by atoms with E-state index in [1.807, 2.05) is 54.6 Å². The van der Waals surface area contributed by atoms with Crippen LogP contribution in [0.1, 0.15) is 6.42 Å². The highest BCUT2D eigenvalue weighted by Gasteiger charge is 2.13. The van der Waals surface area contributed by atoms with E-state index in [2.05, 4.69) is 20.4 Å². The number of halogens is 1. The van der Waals surface area contributed by atoms with Gasteiger partial charge in [-0.2, -0.15) is 4.68 Å². The zero-order valence-corrected chi connectivity index (χ0v) is 16.1. The molecule has 0 aliphatic carbocycles. The first-order valence-electron chi connectivity index (χ1n) is 8.80. The highest BCUT2D eigenvalue weighted by atomic mass is 35.5. The number of hydrogen-bond donors (Lipinski definition) is 1. The van der Waals surface area contributed by atoms with E-state index in [4.69, 9.17) is 4.98 Å². The number of benzene rings is 2. The summed E-state index contributed by atoms with van der Waals surface area (Å²) in [6.45, 7) is 1.14. The standard InChI is InChI=1S/C19H17N7O2.ClH/c27-26(28)19-21-13-25(24-19)12-6-11-20-18-15-9-4-5-10-16(15)22-17(23-18)14-7-2-1-3-8-14;/h1-5,7-10,13H,6,11-12H2,(H,20,22,23);1H. The van der Waals surface area contributed by atoms with Crippen LogP contribution in [0.4, 0.5) is 11.8 Å². The molecule has 2 heterocycles. The molecule has 0 radical (unpaired) electrons. The molecule has 0 bridgehead atoms. The molecule has 0 amide bonds. The van der Waals surface area contributed by atoms with Crippen molar-refractivity contribution in [3.05, 3.63) is 71.0 Å². The van der Waals surface area contributed by atoms with Gasteiger partial charge in [0.1, 0.15) is 5.82 Å². The third-order valence-corrected chi connectivity index (χ3v) is 4.18. The Hall–Kier alpha value is -3.59. The number of aryl methyl sites for hydroxylation is 1. The summed E-state index contributed by atoms with van der Waals surface area (Å²) in [6, 6.07) is 17.7. The number of nitrogens with one attached hydrogen (secondary N) is 1. The summed E-state index contributed by atoms with van der Waals surface area (Å²) in [4.78, 5) is 23.1. The van der Waals surface area contributed by atoms with E-state index in [1.165, 1.54) is 11.0 Å². The summed E-state index contributed by atoms with van der Waals surface area (Å²) in [5.41, 5.74) is 1.82. The number of hydrogen-bond acceptors (Lipinski definition) is 7. The van der Waals surface area contributed by atoms with Crippen molar-refractivity contribution in [3.63, 3.8) is 0 Å². The van der Waals surface area contributed by atoms with Crippen LogP contribution in [-0.2, 0) is 6.54 Å². The van der Waals surface area contributed by atoms with Gasteiger partial charge in [0, 0.05) is 22.6 Å². The number of para-hydroxylation sites is 1. The Morgan fingerprint density at radius 1 is 1.03 bits per heavy atom. The van der Waals surface area contributed by atoms with E-state index in [-0.39, 0.29) is 18.4 Å². The number of fused-ring (bicyclic) bond motifs is 1. The molecule has 2 aromatic carbocycles. The second-order valence-corrected chi connectivity index (χ2v) is 6.12. The molecule has 0 unspecified atom stereocenters. The molecular formula is C19H18ClN7O2. The average molecular weight is 412 g/mol. The van der Waals surface area contributed by atoms with Gasteiger partial charge >= 0.3 is 5.95 Å². The molecule has 0 saturated carbocycles. The maximum absolute atomic E-state index is 10.6. The second-order valence-electron chi connectivity index (χ2n) is 6.12. The summed E-state index contributed by atoms with van der Waals surface area (Å²) in [5.74, 6) is 1.03. The number of aromatic nitrogens is 5. The van der Waals surface area contributed by atoms with E-state index in [9.17, 15) is 10.1 Å². The van der Waals surface area contributed by atoms with Crippen LogP contribution in [0.5, 0.6) is 0 Å². The molecule has 2 aromatic heterocycles. The first kappa shape index (κ1) is 20.2. The van der Waals surface area contributed by atoms with Gasteiger partial charge in [-0.05, 0) is 23.5 Å². The number of rotatable bonds is 7. The minimum atomic E-state index is -0.604. The lowest BCUT2D eigenvalue weighted by molar-refractivity contribution is -0.394. The Morgan fingerprint density at radius 2 is 1.79 bits per heavy atom. The van der Waals surface area contributed by atoms with Crippen molar-refractivity contribution in [1.82, 2.24) is 24.7 Å². The lowest BCUT2D eigenvalue weighted by Gasteiger charge is -2.10. The SMILES string of the molecule is Cl.O=[N+]([O-])c1ncn(CCCNc2nc(-c3ccccc3)nc3ccccc23)n1. The number of nitro groups is 1. The summed E-state index contributed by atoms with van der Waals surface area (Å²) in [6.07, 6.45) is 2.07. The van der Waals surface area contributed by atoms with Gasteiger partial charge in [-0.25, -0.2) is 9.97 Å². The van der Waals surface area contributed by atoms with Gasteiger partial charge in [-0.1, -0.05) is 47.4 Å². The van der Waals surface area contributed by atoms with E-state index in [1.54, 1.807) is 0 Å². The van der Waals surface area contributed by atoms with Crippen LogP contribution < -0.4 is 5.32 Å². The van der Waals surface area contributed by atoms with Crippen molar-refractivity contribution in [2.75, 3.05) is 11.9 Å². The second kappa shape index (κ2) is 9.07. The Morgan fingerprint density at radius 3 is 2.55 bits per heavy atom. The van der Waals surface area contributed by atoms with Crippen molar-refractivity contribution >= 4 is 35.1 Å². The van der Waals surface area contributed by atoms with Gasteiger partial charge in [-0.15, -0.1) is 12.4 Å². The molecule has 4 aromatic rings. The summed E-state index contributed by atoms with van der Waals surface area (Å²) >= 11 is 0. The van der Waals surface area contributed by atoms with Crippen LogP contribution in [0.3, 0.4) is 0 Å². The Labute approximate surface area is 172 Å². The van der Waals surface area contributed by atoms with Crippen molar-refractivity contribution in [2.45, 2.75) is 13.0 Å². The summed E-state index contributed by atoms with van der Waals surface area (Å²) < 4.78 is 1.47. The molecule has 4 rings (SSSR count). The van der Waals surface area contributed by atoms with Crippen LogP contribution in [0, 0.1) is 10.1 Å². The highest BCUT2D eigenvalue weighted by Crippen LogP contribution is 2.24. The van der Waals surface area contributed by atoms with E-state index in [0.29, 0.717) is 25.3 Å². The summed E-state index contributed by atoms with van der Waals surface area (Å²) in [5, 5.41) is 18.7. The van der Waals surface area contributed by atoms with Crippen molar-refractivity contribution < 1.29 is 4.92 Å². The van der Waals surface area contributed by atoms with Crippen LogP contribution in [-0.4, -0.2) is 36.2 Å². The molecule has 29 heavy (non-hydrogen) atoms. The first-order chi connectivity index (χ1) is 13.7. The zero-order chi connectivity index (χ0) is 19.3. The Bertz CT molecular complexity index is 1120. The monoisotopic (exact) mass is 411 g/mol. The smallest absolute Gasteiger partial charge is 0.390 e.